The molecule has 0 N–H and O–H groups in total. The summed E-state index contributed by atoms with van der Waals surface area (Å²) in [5.74, 6) is 0. The zero-order valence-electron chi connectivity index (χ0n) is 10.5. The molecule has 0 saturated carbocycles. The van der Waals surface area contributed by atoms with Gasteiger partial charge in [-0.05, 0) is 40.1 Å². The SMILES string of the molecule is C=C1C(Br)=CC(C)=C(c2ccccc2)N1CC(F)F. The van der Waals surface area contributed by atoms with Crippen LogP contribution in [0.1, 0.15) is 12.5 Å². The third-order valence-corrected chi connectivity index (χ3v) is 3.64. The molecule has 0 aliphatic carbocycles. The molecule has 1 nitrogen and oxygen atoms in total. The predicted molar refractivity (Wildman–Crippen MR) is 77.9 cm³/mol. The minimum Gasteiger partial charge on any atom is -0.335 e. The van der Waals surface area contributed by atoms with Crippen molar-refractivity contribution in [3.8, 4) is 0 Å². The van der Waals surface area contributed by atoms with Crippen molar-refractivity contribution in [2.24, 2.45) is 0 Å². The van der Waals surface area contributed by atoms with Gasteiger partial charge in [0, 0.05) is 10.2 Å². The number of benzene rings is 1. The summed E-state index contributed by atoms with van der Waals surface area (Å²) in [4.78, 5) is 1.57. The molecular weight excluding hydrogens is 312 g/mol. The molecule has 1 aliphatic rings. The van der Waals surface area contributed by atoms with E-state index in [2.05, 4.69) is 22.5 Å². The second kappa shape index (κ2) is 5.70. The second-order valence-corrected chi connectivity index (χ2v) is 5.19. The molecule has 1 heterocycles. The molecule has 1 aliphatic heterocycles. The molecule has 0 unspecified atom stereocenters. The van der Waals surface area contributed by atoms with Crippen molar-refractivity contribution in [2.75, 3.05) is 6.54 Å². The molecule has 0 aromatic heterocycles. The Morgan fingerprint density at radius 1 is 1.26 bits per heavy atom. The average molecular weight is 326 g/mol. The molecule has 0 radical (unpaired) electrons. The van der Waals surface area contributed by atoms with Crippen LogP contribution in [0.2, 0.25) is 0 Å². The number of nitrogens with zero attached hydrogens (tertiary/aromatic N) is 1. The summed E-state index contributed by atoms with van der Waals surface area (Å²) in [7, 11) is 0. The lowest BCUT2D eigenvalue weighted by molar-refractivity contribution is 0.123. The Balaban J connectivity index is 2.51. The van der Waals surface area contributed by atoms with E-state index in [0.717, 1.165) is 21.3 Å². The highest BCUT2D eigenvalue weighted by molar-refractivity contribution is 9.12. The van der Waals surface area contributed by atoms with Gasteiger partial charge < -0.3 is 4.90 Å². The van der Waals surface area contributed by atoms with E-state index >= 15 is 0 Å². The Labute approximate surface area is 120 Å². The van der Waals surface area contributed by atoms with Gasteiger partial charge in [-0.2, -0.15) is 0 Å². The van der Waals surface area contributed by atoms with Crippen LogP contribution in [-0.4, -0.2) is 17.9 Å². The van der Waals surface area contributed by atoms with Gasteiger partial charge >= 0.3 is 0 Å². The lowest BCUT2D eigenvalue weighted by Crippen LogP contribution is -2.29. The number of halogens is 3. The molecule has 2 rings (SSSR count). The van der Waals surface area contributed by atoms with Crippen LogP contribution in [0.4, 0.5) is 8.78 Å². The minimum absolute atomic E-state index is 0.358. The molecule has 0 fully saturated rings. The van der Waals surface area contributed by atoms with E-state index in [1.54, 1.807) is 4.90 Å². The Bertz CT molecular complexity index is 547. The van der Waals surface area contributed by atoms with E-state index in [4.69, 9.17) is 0 Å². The monoisotopic (exact) mass is 325 g/mol. The van der Waals surface area contributed by atoms with Gasteiger partial charge in [-0.15, -0.1) is 0 Å². The van der Waals surface area contributed by atoms with Gasteiger partial charge in [0.05, 0.1) is 12.2 Å². The van der Waals surface area contributed by atoms with Gasteiger partial charge in [-0.25, -0.2) is 8.78 Å². The fourth-order valence-electron chi connectivity index (χ4n) is 2.14. The Kier molecular flexibility index (Phi) is 4.20. The van der Waals surface area contributed by atoms with Crippen LogP contribution < -0.4 is 0 Å². The highest BCUT2D eigenvalue weighted by atomic mass is 79.9. The maximum absolute atomic E-state index is 12.8. The lowest BCUT2D eigenvalue weighted by atomic mass is 10.0. The third-order valence-electron chi connectivity index (χ3n) is 2.96. The molecule has 19 heavy (non-hydrogen) atoms. The van der Waals surface area contributed by atoms with Crippen molar-refractivity contribution in [1.82, 2.24) is 4.90 Å². The minimum atomic E-state index is -2.42. The highest BCUT2D eigenvalue weighted by Crippen LogP contribution is 2.37. The second-order valence-electron chi connectivity index (χ2n) is 4.34. The van der Waals surface area contributed by atoms with Crippen LogP contribution in [0.15, 0.2) is 58.7 Å². The number of alkyl halides is 2. The molecule has 0 spiro atoms. The van der Waals surface area contributed by atoms with Crippen molar-refractivity contribution in [2.45, 2.75) is 13.3 Å². The van der Waals surface area contributed by atoms with E-state index in [9.17, 15) is 8.78 Å². The van der Waals surface area contributed by atoms with E-state index in [-0.39, 0.29) is 6.54 Å². The van der Waals surface area contributed by atoms with Crippen LogP contribution in [0.3, 0.4) is 0 Å². The maximum Gasteiger partial charge on any atom is 0.256 e. The van der Waals surface area contributed by atoms with Gasteiger partial charge in [0.15, 0.2) is 0 Å². The van der Waals surface area contributed by atoms with Crippen molar-refractivity contribution in [1.29, 1.82) is 0 Å². The Morgan fingerprint density at radius 3 is 2.47 bits per heavy atom. The van der Waals surface area contributed by atoms with E-state index in [0.29, 0.717) is 5.70 Å². The molecule has 100 valence electrons. The summed E-state index contributed by atoms with van der Waals surface area (Å²) < 4.78 is 26.3. The van der Waals surface area contributed by atoms with E-state index in [1.807, 2.05) is 43.3 Å². The topological polar surface area (TPSA) is 3.24 Å². The number of hydrogen-bond donors (Lipinski definition) is 0. The first-order valence-corrected chi connectivity index (χ1v) is 6.68. The molecule has 0 saturated heterocycles. The quantitative estimate of drug-likeness (QED) is 0.772. The summed E-state index contributed by atoms with van der Waals surface area (Å²) in [6.45, 7) is 5.44. The predicted octanol–water partition coefficient (Wildman–Crippen LogP) is 4.79. The number of rotatable bonds is 3. The van der Waals surface area contributed by atoms with Gasteiger partial charge in [0.25, 0.3) is 6.43 Å². The maximum atomic E-state index is 12.8. The molecule has 1 aromatic rings. The summed E-state index contributed by atoms with van der Waals surface area (Å²) in [5.41, 5.74) is 3.20. The van der Waals surface area contributed by atoms with E-state index < -0.39 is 6.43 Å². The first kappa shape index (κ1) is 14.0. The Morgan fingerprint density at radius 2 is 1.89 bits per heavy atom. The molecule has 1 aromatic carbocycles. The summed E-state index contributed by atoms with van der Waals surface area (Å²) in [5, 5.41) is 0. The zero-order chi connectivity index (χ0) is 14.0. The smallest absolute Gasteiger partial charge is 0.256 e. The molecular formula is C15H14BrF2N. The average Bonchev–Trinajstić information content (AvgIpc) is 2.36. The lowest BCUT2D eigenvalue weighted by Gasteiger charge is -2.33. The first-order valence-electron chi connectivity index (χ1n) is 5.89. The normalized spacial score (nSPS) is 16.2. The van der Waals surface area contributed by atoms with Crippen LogP contribution in [0, 0.1) is 0 Å². The van der Waals surface area contributed by atoms with Gasteiger partial charge in [0.1, 0.15) is 0 Å². The van der Waals surface area contributed by atoms with Crippen LogP contribution in [0.25, 0.3) is 5.70 Å². The standard InChI is InChI=1S/C15H14BrF2N/c1-10-8-13(16)11(2)19(9-14(17)18)15(10)12-6-4-3-5-7-12/h3-8,14H,2,9H2,1H3. The van der Waals surface area contributed by atoms with Gasteiger partial charge in [-0.1, -0.05) is 36.9 Å². The first-order chi connectivity index (χ1) is 9.00. The summed E-state index contributed by atoms with van der Waals surface area (Å²) in [6.07, 6.45) is -0.506. The Hall–Kier alpha value is -1.42. The summed E-state index contributed by atoms with van der Waals surface area (Å²) in [6, 6.07) is 9.52. The molecule has 0 atom stereocenters. The van der Waals surface area contributed by atoms with Crippen LogP contribution >= 0.6 is 15.9 Å². The van der Waals surface area contributed by atoms with Crippen molar-refractivity contribution >= 4 is 21.6 Å². The van der Waals surface area contributed by atoms with Gasteiger partial charge in [-0.3, -0.25) is 0 Å². The largest absolute Gasteiger partial charge is 0.335 e. The number of hydrogen-bond acceptors (Lipinski definition) is 1. The van der Waals surface area contributed by atoms with Crippen LogP contribution in [0.5, 0.6) is 0 Å². The molecule has 0 bridgehead atoms. The number of allylic oxidation sites excluding steroid dienone is 3. The van der Waals surface area contributed by atoms with Crippen molar-refractivity contribution < 1.29 is 8.78 Å². The fraction of sp³-hybridized carbons (Fsp3) is 0.200. The van der Waals surface area contributed by atoms with Crippen LogP contribution in [-0.2, 0) is 0 Å². The van der Waals surface area contributed by atoms with Crippen molar-refractivity contribution in [3.63, 3.8) is 0 Å². The third kappa shape index (κ3) is 2.95. The zero-order valence-corrected chi connectivity index (χ0v) is 12.1. The highest BCUT2D eigenvalue weighted by Gasteiger charge is 2.25. The van der Waals surface area contributed by atoms with Gasteiger partial charge in [0.2, 0.25) is 0 Å². The van der Waals surface area contributed by atoms with E-state index in [1.165, 1.54) is 0 Å². The summed E-state index contributed by atoms with van der Waals surface area (Å²) >= 11 is 3.37. The fourth-order valence-corrected chi connectivity index (χ4v) is 2.69. The molecule has 4 heteroatoms. The molecule has 0 amide bonds. The van der Waals surface area contributed by atoms with Crippen molar-refractivity contribution in [3.05, 3.63) is 64.3 Å².